The Morgan fingerprint density at radius 1 is 0.889 bits per heavy atom. The normalized spacial score (nSPS) is 14.3. The van der Waals surface area contributed by atoms with Crippen molar-refractivity contribution in [2.24, 2.45) is 0 Å². The second kappa shape index (κ2) is 8.07. The molecular formula is C29H19ClN4O2. The summed E-state index contributed by atoms with van der Waals surface area (Å²) >= 11 is 6.47. The molecule has 6 nitrogen and oxygen atoms in total. The zero-order chi connectivity index (χ0) is 24.2. The van der Waals surface area contributed by atoms with Crippen LogP contribution >= 0.6 is 11.6 Å². The first-order chi connectivity index (χ1) is 17.7. The van der Waals surface area contributed by atoms with E-state index in [1.165, 1.54) is 0 Å². The Hall–Kier alpha value is -4.42. The SMILES string of the molecule is COc1ccc(C2c3c(ccc4ccccc34)Oc3ncn4nc(-c5ccccc5Cl)nc4c32)cc1. The minimum atomic E-state index is -0.180. The molecule has 7 rings (SSSR count). The van der Waals surface area contributed by atoms with Gasteiger partial charge >= 0.3 is 0 Å². The molecule has 3 heterocycles. The van der Waals surface area contributed by atoms with Crippen LogP contribution in [0, 0.1) is 0 Å². The van der Waals surface area contributed by atoms with Crippen LogP contribution < -0.4 is 9.47 Å². The van der Waals surface area contributed by atoms with Gasteiger partial charge < -0.3 is 9.47 Å². The first-order valence-electron chi connectivity index (χ1n) is 11.5. The van der Waals surface area contributed by atoms with Crippen LogP contribution in [0.1, 0.15) is 22.6 Å². The number of nitrogens with zero attached hydrogens (tertiary/aromatic N) is 4. The van der Waals surface area contributed by atoms with Gasteiger partial charge in [0.15, 0.2) is 11.5 Å². The lowest BCUT2D eigenvalue weighted by molar-refractivity contribution is 0.414. The van der Waals surface area contributed by atoms with Gasteiger partial charge in [-0.25, -0.2) is 14.5 Å². The Morgan fingerprint density at radius 2 is 1.69 bits per heavy atom. The Bertz CT molecular complexity index is 1780. The molecule has 0 N–H and O–H groups in total. The lowest BCUT2D eigenvalue weighted by atomic mass is 9.81. The zero-order valence-electron chi connectivity index (χ0n) is 19.2. The molecule has 0 fully saturated rings. The van der Waals surface area contributed by atoms with Crippen molar-refractivity contribution in [2.75, 3.05) is 7.11 Å². The smallest absolute Gasteiger partial charge is 0.228 e. The van der Waals surface area contributed by atoms with Crippen LogP contribution in [0.2, 0.25) is 5.02 Å². The molecule has 1 atom stereocenters. The van der Waals surface area contributed by atoms with E-state index in [1.807, 2.05) is 48.5 Å². The van der Waals surface area contributed by atoms with Crippen molar-refractivity contribution in [1.29, 1.82) is 0 Å². The van der Waals surface area contributed by atoms with Gasteiger partial charge in [-0.2, -0.15) is 0 Å². The molecular weight excluding hydrogens is 472 g/mol. The topological polar surface area (TPSA) is 61.5 Å². The summed E-state index contributed by atoms with van der Waals surface area (Å²) in [7, 11) is 1.67. The standard InChI is InChI=1S/C29H19ClN4O2/c1-35-19-13-10-18(11-14-19)24-25-20-7-3-2-6-17(20)12-15-23(25)36-29-26(24)28-32-27(33-34(28)16-31-29)21-8-4-5-9-22(21)30/h2-16,24H,1H3. The number of fused-ring (bicyclic) bond motifs is 6. The molecule has 0 saturated carbocycles. The molecule has 0 saturated heterocycles. The highest BCUT2D eigenvalue weighted by atomic mass is 35.5. The Morgan fingerprint density at radius 3 is 2.53 bits per heavy atom. The van der Waals surface area contributed by atoms with Crippen LogP contribution in [-0.4, -0.2) is 26.7 Å². The summed E-state index contributed by atoms with van der Waals surface area (Å²) < 4.78 is 13.5. The van der Waals surface area contributed by atoms with Crippen LogP contribution in [-0.2, 0) is 0 Å². The molecule has 0 bridgehead atoms. The highest BCUT2D eigenvalue weighted by Gasteiger charge is 2.34. The van der Waals surface area contributed by atoms with E-state index in [2.05, 4.69) is 41.4 Å². The molecule has 0 aliphatic carbocycles. The van der Waals surface area contributed by atoms with Crippen LogP contribution in [0.3, 0.4) is 0 Å². The lowest BCUT2D eigenvalue weighted by Crippen LogP contribution is -2.15. The molecule has 1 unspecified atom stereocenters. The summed E-state index contributed by atoms with van der Waals surface area (Å²) in [5, 5.41) is 7.56. The number of rotatable bonds is 3. The van der Waals surface area contributed by atoms with Gasteiger partial charge in [0.25, 0.3) is 0 Å². The Balaban J connectivity index is 1.53. The fraction of sp³-hybridized carbons (Fsp3) is 0.0690. The van der Waals surface area contributed by atoms with Crippen molar-refractivity contribution >= 4 is 28.0 Å². The molecule has 36 heavy (non-hydrogen) atoms. The Labute approximate surface area is 211 Å². The molecule has 6 aromatic rings. The third-order valence-electron chi connectivity index (χ3n) is 6.67. The maximum absolute atomic E-state index is 6.47. The summed E-state index contributed by atoms with van der Waals surface area (Å²) in [6, 6.07) is 28.1. The van der Waals surface area contributed by atoms with Crippen molar-refractivity contribution in [1.82, 2.24) is 19.6 Å². The van der Waals surface area contributed by atoms with Gasteiger partial charge in [-0.05, 0) is 46.7 Å². The van der Waals surface area contributed by atoms with Crippen molar-refractivity contribution in [3.8, 4) is 28.8 Å². The monoisotopic (exact) mass is 490 g/mol. The van der Waals surface area contributed by atoms with Crippen molar-refractivity contribution in [3.05, 3.63) is 113 Å². The summed E-state index contributed by atoms with van der Waals surface area (Å²) in [5.41, 5.74) is 4.45. The number of methoxy groups -OCH3 is 1. The average Bonchev–Trinajstić information content (AvgIpc) is 3.36. The molecule has 4 aromatic carbocycles. The fourth-order valence-corrected chi connectivity index (χ4v) is 5.21. The van der Waals surface area contributed by atoms with Gasteiger partial charge in [-0.3, -0.25) is 0 Å². The van der Waals surface area contributed by atoms with Crippen LogP contribution in [0.5, 0.6) is 17.4 Å². The minimum Gasteiger partial charge on any atom is -0.497 e. The summed E-state index contributed by atoms with van der Waals surface area (Å²) in [6.07, 6.45) is 1.64. The third-order valence-corrected chi connectivity index (χ3v) is 7.00. The molecule has 0 spiro atoms. The number of hydrogen-bond acceptors (Lipinski definition) is 5. The van der Waals surface area contributed by atoms with Crippen molar-refractivity contribution in [2.45, 2.75) is 5.92 Å². The number of ether oxygens (including phenoxy) is 2. The number of hydrogen-bond donors (Lipinski definition) is 0. The van der Waals surface area contributed by atoms with E-state index in [0.29, 0.717) is 22.4 Å². The van der Waals surface area contributed by atoms with Gasteiger partial charge in [0.2, 0.25) is 5.88 Å². The molecule has 0 amide bonds. The average molecular weight is 491 g/mol. The lowest BCUT2D eigenvalue weighted by Gasteiger charge is -2.29. The highest BCUT2D eigenvalue weighted by molar-refractivity contribution is 6.33. The zero-order valence-corrected chi connectivity index (χ0v) is 20.0. The number of halogens is 1. The maximum Gasteiger partial charge on any atom is 0.228 e. The molecule has 0 radical (unpaired) electrons. The van der Waals surface area contributed by atoms with Crippen LogP contribution in [0.25, 0.3) is 27.8 Å². The van der Waals surface area contributed by atoms with E-state index < -0.39 is 0 Å². The van der Waals surface area contributed by atoms with Crippen molar-refractivity contribution < 1.29 is 9.47 Å². The third kappa shape index (κ3) is 3.15. The summed E-state index contributed by atoms with van der Waals surface area (Å²) in [6.45, 7) is 0. The molecule has 2 aromatic heterocycles. The Kier molecular flexibility index (Phi) is 4.69. The van der Waals surface area contributed by atoms with E-state index in [0.717, 1.165) is 44.5 Å². The second-order valence-corrected chi connectivity index (χ2v) is 9.06. The van der Waals surface area contributed by atoms with Gasteiger partial charge in [-0.1, -0.05) is 66.2 Å². The van der Waals surface area contributed by atoms with Crippen LogP contribution in [0.15, 0.2) is 91.3 Å². The van der Waals surface area contributed by atoms with Gasteiger partial charge in [0.05, 0.1) is 17.7 Å². The summed E-state index contributed by atoms with van der Waals surface area (Å²) in [4.78, 5) is 9.59. The minimum absolute atomic E-state index is 0.180. The van der Waals surface area contributed by atoms with E-state index in [1.54, 1.807) is 18.0 Å². The van der Waals surface area contributed by atoms with Crippen LogP contribution in [0.4, 0.5) is 0 Å². The highest BCUT2D eigenvalue weighted by Crippen LogP contribution is 2.50. The maximum atomic E-state index is 6.47. The molecule has 7 heteroatoms. The molecule has 1 aliphatic rings. The first kappa shape index (κ1) is 20.9. The fourth-order valence-electron chi connectivity index (χ4n) is 4.99. The predicted molar refractivity (Wildman–Crippen MR) is 139 cm³/mol. The van der Waals surface area contributed by atoms with Gasteiger partial charge in [-0.15, -0.1) is 5.10 Å². The molecule has 1 aliphatic heterocycles. The van der Waals surface area contributed by atoms with Gasteiger partial charge in [0, 0.05) is 17.0 Å². The van der Waals surface area contributed by atoms with E-state index in [4.69, 9.17) is 31.2 Å². The van der Waals surface area contributed by atoms with E-state index in [-0.39, 0.29) is 5.92 Å². The first-order valence-corrected chi connectivity index (χ1v) is 11.9. The number of aromatic nitrogens is 4. The van der Waals surface area contributed by atoms with Crippen molar-refractivity contribution in [3.63, 3.8) is 0 Å². The largest absolute Gasteiger partial charge is 0.497 e. The predicted octanol–water partition coefficient (Wildman–Crippen LogP) is 6.89. The quantitative estimate of drug-likeness (QED) is 0.270. The summed E-state index contributed by atoms with van der Waals surface area (Å²) in [5.74, 6) is 2.45. The second-order valence-electron chi connectivity index (χ2n) is 8.65. The molecule has 174 valence electrons. The number of benzene rings is 4. The van der Waals surface area contributed by atoms with Gasteiger partial charge in [0.1, 0.15) is 17.8 Å². The van der Waals surface area contributed by atoms with E-state index in [9.17, 15) is 0 Å². The van der Waals surface area contributed by atoms with E-state index >= 15 is 0 Å².